The smallest absolute Gasteiger partial charge is 0.130 e. The Labute approximate surface area is 108 Å². The molecule has 0 N–H and O–H groups in total. The summed E-state index contributed by atoms with van der Waals surface area (Å²) in [7, 11) is 0. The minimum absolute atomic E-state index is 0.217. The average Bonchev–Trinajstić information content (AvgIpc) is 2.38. The molecule has 2 rings (SSSR count). The van der Waals surface area contributed by atoms with Gasteiger partial charge < -0.3 is 4.79 Å². The molecule has 0 fully saturated rings. The lowest BCUT2D eigenvalue weighted by atomic mass is 10.0. The molecule has 0 aliphatic heterocycles. The van der Waals surface area contributed by atoms with Crippen molar-refractivity contribution < 1.29 is 4.79 Å². The van der Waals surface area contributed by atoms with E-state index in [0.29, 0.717) is 6.42 Å². The van der Waals surface area contributed by atoms with Crippen LogP contribution in [0.15, 0.2) is 42.5 Å². The molecule has 2 aromatic rings. The molecule has 0 atom stereocenters. The summed E-state index contributed by atoms with van der Waals surface area (Å²) in [6.45, 7) is 3.62. The molecule has 1 aromatic heterocycles. The Morgan fingerprint density at radius 3 is 2.50 bits per heavy atom. The SMILES string of the molecule is CC(=O)CCc1ccc(C)nc1-c1ccccc1. The van der Waals surface area contributed by atoms with Crippen LogP contribution in [0.4, 0.5) is 0 Å². The Hall–Kier alpha value is -1.96. The van der Waals surface area contributed by atoms with Gasteiger partial charge in [0.15, 0.2) is 0 Å². The molecule has 18 heavy (non-hydrogen) atoms. The molecule has 0 aliphatic carbocycles. The summed E-state index contributed by atoms with van der Waals surface area (Å²) in [6.07, 6.45) is 1.33. The van der Waals surface area contributed by atoms with Crippen molar-refractivity contribution in [1.82, 2.24) is 4.98 Å². The number of ketones is 1. The molecule has 0 spiro atoms. The molecule has 92 valence electrons. The van der Waals surface area contributed by atoms with E-state index in [1.807, 2.05) is 31.2 Å². The van der Waals surface area contributed by atoms with E-state index in [9.17, 15) is 4.79 Å². The number of carbonyl (C=O) groups excluding carboxylic acids is 1. The van der Waals surface area contributed by atoms with Crippen LogP contribution < -0.4 is 0 Å². The van der Waals surface area contributed by atoms with Gasteiger partial charge in [-0.15, -0.1) is 0 Å². The first-order valence-corrected chi connectivity index (χ1v) is 6.18. The van der Waals surface area contributed by atoms with Crippen LogP contribution in [-0.4, -0.2) is 10.8 Å². The third-order valence-corrected chi connectivity index (χ3v) is 2.91. The monoisotopic (exact) mass is 239 g/mol. The van der Waals surface area contributed by atoms with Gasteiger partial charge in [0.05, 0.1) is 5.69 Å². The highest BCUT2D eigenvalue weighted by atomic mass is 16.1. The van der Waals surface area contributed by atoms with Crippen molar-refractivity contribution in [3.63, 3.8) is 0 Å². The molecule has 0 radical (unpaired) electrons. The fraction of sp³-hybridized carbons (Fsp3) is 0.250. The van der Waals surface area contributed by atoms with Crippen molar-refractivity contribution in [2.75, 3.05) is 0 Å². The van der Waals surface area contributed by atoms with E-state index in [1.165, 1.54) is 0 Å². The number of aromatic nitrogens is 1. The summed E-state index contributed by atoms with van der Waals surface area (Å²) in [6, 6.07) is 14.2. The number of benzene rings is 1. The summed E-state index contributed by atoms with van der Waals surface area (Å²) in [5, 5.41) is 0. The van der Waals surface area contributed by atoms with Crippen LogP contribution in [-0.2, 0) is 11.2 Å². The molecule has 0 bridgehead atoms. The molecule has 0 amide bonds. The van der Waals surface area contributed by atoms with Crippen molar-refractivity contribution in [3.8, 4) is 11.3 Å². The maximum absolute atomic E-state index is 11.1. The first-order chi connectivity index (χ1) is 8.66. The van der Waals surface area contributed by atoms with E-state index < -0.39 is 0 Å². The van der Waals surface area contributed by atoms with E-state index in [1.54, 1.807) is 6.92 Å². The normalized spacial score (nSPS) is 10.3. The number of hydrogen-bond acceptors (Lipinski definition) is 2. The van der Waals surface area contributed by atoms with E-state index in [-0.39, 0.29) is 5.78 Å². The van der Waals surface area contributed by atoms with Crippen LogP contribution in [0.3, 0.4) is 0 Å². The molecule has 1 aromatic carbocycles. The molecule has 1 heterocycles. The maximum Gasteiger partial charge on any atom is 0.130 e. The molecular formula is C16H17NO. The van der Waals surface area contributed by atoms with E-state index >= 15 is 0 Å². The Morgan fingerprint density at radius 2 is 1.83 bits per heavy atom. The summed E-state index contributed by atoms with van der Waals surface area (Å²) in [5.41, 5.74) is 4.25. The largest absolute Gasteiger partial charge is 0.300 e. The number of nitrogens with zero attached hydrogens (tertiary/aromatic N) is 1. The number of Topliss-reactive ketones (excluding diaryl/α,β-unsaturated/α-hetero) is 1. The Morgan fingerprint density at radius 1 is 1.11 bits per heavy atom. The second-order valence-electron chi connectivity index (χ2n) is 4.53. The molecule has 0 saturated carbocycles. The summed E-state index contributed by atoms with van der Waals surface area (Å²) in [5.74, 6) is 0.217. The number of aryl methyl sites for hydroxylation is 2. The van der Waals surface area contributed by atoms with Gasteiger partial charge in [-0.1, -0.05) is 36.4 Å². The predicted molar refractivity (Wildman–Crippen MR) is 73.4 cm³/mol. The highest BCUT2D eigenvalue weighted by Crippen LogP contribution is 2.22. The lowest BCUT2D eigenvalue weighted by Gasteiger charge is -2.09. The quantitative estimate of drug-likeness (QED) is 0.816. The van der Waals surface area contributed by atoms with Crippen molar-refractivity contribution in [2.45, 2.75) is 26.7 Å². The van der Waals surface area contributed by atoms with Crippen LogP contribution in [0.5, 0.6) is 0 Å². The zero-order valence-electron chi connectivity index (χ0n) is 10.8. The Kier molecular flexibility index (Phi) is 3.88. The van der Waals surface area contributed by atoms with Crippen LogP contribution in [0.2, 0.25) is 0 Å². The minimum Gasteiger partial charge on any atom is -0.300 e. The molecule has 0 unspecified atom stereocenters. The van der Waals surface area contributed by atoms with Crippen molar-refractivity contribution >= 4 is 5.78 Å². The van der Waals surface area contributed by atoms with Gasteiger partial charge in [-0.2, -0.15) is 0 Å². The fourth-order valence-corrected chi connectivity index (χ4v) is 1.94. The first-order valence-electron chi connectivity index (χ1n) is 6.18. The molecular weight excluding hydrogens is 222 g/mol. The molecule has 0 aliphatic rings. The van der Waals surface area contributed by atoms with Crippen LogP contribution >= 0.6 is 0 Å². The lowest BCUT2D eigenvalue weighted by Crippen LogP contribution is -1.99. The Balaban J connectivity index is 2.38. The number of pyridine rings is 1. The standard InChI is InChI=1S/C16H17NO/c1-12-8-10-15(11-9-13(2)18)16(17-12)14-6-4-3-5-7-14/h3-8,10H,9,11H2,1-2H3. The summed E-state index contributed by atoms with van der Waals surface area (Å²) < 4.78 is 0. The average molecular weight is 239 g/mol. The van der Waals surface area contributed by atoms with Crippen LogP contribution in [0, 0.1) is 6.92 Å². The first kappa shape index (κ1) is 12.5. The molecule has 0 saturated heterocycles. The minimum atomic E-state index is 0.217. The highest BCUT2D eigenvalue weighted by molar-refractivity contribution is 5.76. The van der Waals surface area contributed by atoms with Gasteiger partial charge >= 0.3 is 0 Å². The third kappa shape index (κ3) is 3.04. The van der Waals surface area contributed by atoms with Crippen molar-refractivity contribution in [3.05, 3.63) is 53.7 Å². The van der Waals surface area contributed by atoms with Gasteiger partial charge in [-0.05, 0) is 31.9 Å². The second kappa shape index (κ2) is 5.58. The molecule has 2 heteroatoms. The van der Waals surface area contributed by atoms with E-state index in [4.69, 9.17) is 0 Å². The summed E-state index contributed by atoms with van der Waals surface area (Å²) in [4.78, 5) is 15.7. The van der Waals surface area contributed by atoms with E-state index in [2.05, 4.69) is 23.2 Å². The Bertz CT molecular complexity index is 546. The third-order valence-electron chi connectivity index (χ3n) is 2.91. The zero-order valence-corrected chi connectivity index (χ0v) is 10.8. The lowest BCUT2D eigenvalue weighted by molar-refractivity contribution is -0.116. The van der Waals surface area contributed by atoms with Crippen LogP contribution in [0.25, 0.3) is 11.3 Å². The number of carbonyl (C=O) groups is 1. The highest BCUT2D eigenvalue weighted by Gasteiger charge is 2.07. The van der Waals surface area contributed by atoms with Crippen molar-refractivity contribution in [2.24, 2.45) is 0 Å². The van der Waals surface area contributed by atoms with Gasteiger partial charge in [-0.25, -0.2) is 0 Å². The maximum atomic E-state index is 11.1. The molecule has 2 nitrogen and oxygen atoms in total. The van der Waals surface area contributed by atoms with Crippen LogP contribution in [0.1, 0.15) is 24.6 Å². The van der Waals surface area contributed by atoms with Crippen molar-refractivity contribution in [1.29, 1.82) is 0 Å². The van der Waals surface area contributed by atoms with Gasteiger partial charge in [0.1, 0.15) is 5.78 Å². The van der Waals surface area contributed by atoms with Gasteiger partial charge in [-0.3, -0.25) is 4.98 Å². The number of rotatable bonds is 4. The summed E-state index contributed by atoms with van der Waals surface area (Å²) >= 11 is 0. The van der Waals surface area contributed by atoms with Gasteiger partial charge in [0.25, 0.3) is 0 Å². The predicted octanol–water partition coefficient (Wildman–Crippen LogP) is 3.58. The zero-order chi connectivity index (χ0) is 13.0. The second-order valence-corrected chi connectivity index (χ2v) is 4.53. The number of hydrogen-bond donors (Lipinski definition) is 0. The van der Waals surface area contributed by atoms with Gasteiger partial charge in [0, 0.05) is 17.7 Å². The van der Waals surface area contributed by atoms with E-state index in [0.717, 1.165) is 28.9 Å². The topological polar surface area (TPSA) is 30.0 Å². The van der Waals surface area contributed by atoms with Gasteiger partial charge in [0.2, 0.25) is 0 Å². The fourth-order valence-electron chi connectivity index (χ4n) is 1.94.